The fourth-order valence-corrected chi connectivity index (χ4v) is 2.93. The van der Waals surface area contributed by atoms with E-state index in [2.05, 4.69) is 16.6 Å². The number of phenolic OH excluding ortho intramolecular Hbond substituents is 1. The molecule has 0 spiro atoms. The van der Waals surface area contributed by atoms with Gasteiger partial charge < -0.3 is 10.0 Å². The van der Waals surface area contributed by atoms with Crippen LogP contribution in [0.5, 0.6) is 5.75 Å². The van der Waals surface area contributed by atoms with Crippen LogP contribution in [0.25, 0.3) is 0 Å². The topological polar surface area (TPSA) is 108 Å². The van der Waals surface area contributed by atoms with Crippen LogP contribution in [0, 0.1) is 10.1 Å². The van der Waals surface area contributed by atoms with Gasteiger partial charge in [0, 0.05) is 23.9 Å². The van der Waals surface area contributed by atoms with Gasteiger partial charge in [0.15, 0.2) is 5.75 Å². The molecule has 2 N–H and O–H groups in total. The van der Waals surface area contributed by atoms with E-state index in [1.807, 2.05) is 23.1 Å². The molecule has 0 fully saturated rings. The van der Waals surface area contributed by atoms with Gasteiger partial charge in [0.2, 0.25) is 0 Å². The number of fused-ring (bicyclic) bond motifs is 1. The molecule has 0 aromatic heterocycles. The third kappa shape index (κ3) is 3.97. The lowest BCUT2D eigenvalue weighted by molar-refractivity contribution is -0.385. The molecule has 0 atom stereocenters. The van der Waals surface area contributed by atoms with E-state index in [9.17, 15) is 20.0 Å². The Hall–Kier alpha value is -3.42. The number of nitrogens with one attached hydrogen (secondary N) is 1. The van der Waals surface area contributed by atoms with E-state index in [1.54, 1.807) is 0 Å². The maximum Gasteiger partial charge on any atom is 0.311 e. The summed E-state index contributed by atoms with van der Waals surface area (Å²) in [6.07, 6.45) is 3.30. The molecule has 1 amide bonds. The first-order valence-electron chi connectivity index (χ1n) is 8.17. The maximum atomic E-state index is 12.1. The van der Waals surface area contributed by atoms with Gasteiger partial charge in [0.25, 0.3) is 5.91 Å². The first-order valence-corrected chi connectivity index (χ1v) is 8.17. The van der Waals surface area contributed by atoms with Crippen molar-refractivity contribution < 1.29 is 14.8 Å². The van der Waals surface area contributed by atoms with E-state index in [-0.39, 0.29) is 12.5 Å². The van der Waals surface area contributed by atoms with Gasteiger partial charge in [-0.1, -0.05) is 18.2 Å². The average molecular weight is 354 g/mol. The fraction of sp³-hybridized carbons (Fsp3) is 0.222. The minimum Gasteiger partial charge on any atom is -0.502 e. The summed E-state index contributed by atoms with van der Waals surface area (Å²) in [6, 6.07) is 11.9. The van der Waals surface area contributed by atoms with Crippen molar-refractivity contribution in [1.29, 1.82) is 0 Å². The van der Waals surface area contributed by atoms with Crippen LogP contribution in [-0.2, 0) is 11.2 Å². The van der Waals surface area contributed by atoms with Crippen molar-refractivity contribution in [3.8, 4) is 5.75 Å². The molecule has 0 bridgehead atoms. The third-order valence-corrected chi connectivity index (χ3v) is 4.14. The number of nitrogens with zero attached hydrogens (tertiary/aromatic N) is 3. The van der Waals surface area contributed by atoms with E-state index in [0.29, 0.717) is 5.56 Å². The van der Waals surface area contributed by atoms with E-state index >= 15 is 0 Å². The van der Waals surface area contributed by atoms with Gasteiger partial charge in [-0.25, -0.2) is 5.43 Å². The van der Waals surface area contributed by atoms with Crippen LogP contribution in [-0.4, -0.2) is 35.2 Å². The normalized spacial score (nSPS) is 13.5. The van der Waals surface area contributed by atoms with E-state index in [0.717, 1.165) is 25.1 Å². The molecule has 0 radical (unpaired) electrons. The van der Waals surface area contributed by atoms with Crippen LogP contribution in [0.3, 0.4) is 0 Å². The van der Waals surface area contributed by atoms with E-state index in [1.165, 1.54) is 30.0 Å². The first kappa shape index (κ1) is 17.4. The van der Waals surface area contributed by atoms with E-state index < -0.39 is 16.4 Å². The quantitative estimate of drug-likeness (QED) is 0.486. The Morgan fingerprint density at radius 1 is 1.35 bits per heavy atom. The van der Waals surface area contributed by atoms with Crippen LogP contribution in [0.2, 0.25) is 0 Å². The van der Waals surface area contributed by atoms with Crippen LogP contribution in [0.4, 0.5) is 11.4 Å². The number of aryl methyl sites for hydroxylation is 1. The molecular weight excluding hydrogens is 336 g/mol. The lowest BCUT2D eigenvalue weighted by atomic mass is 10.0. The van der Waals surface area contributed by atoms with Crippen LogP contribution < -0.4 is 10.3 Å². The number of rotatable bonds is 5. The van der Waals surface area contributed by atoms with Gasteiger partial charge in [0.1, 0.15) is 0 Å². The second kappa shape index (κ2) is 7.64. The highest BCUT2D eigenvalue weighted by Crippen LogP contribution is 2.26. The van der Waals surface area contributed by atoms with Crippen molar-refractivity contribution in [3.63, 3.8) is 0 Å². The zero-order valence-corrected chi connectivity index (χ0v) is 14.0. The summed E-state index contributed by atoms with van der Waals surface area (Å²) in [5.41, 5.74) is 4.71. The smallest absolute Gasteiger partial charge is 0.311 e. The van der Waals surface area contributed by atoms with Crippen LogP contribution in [0.1, 0.15) is 17.5 Å². The lowest BCUT2D eigenvalue weighted by Crippen LogP contribution is -2.38. The lowest BCUT2D eigenvalue weighted by Gasteiger charge is -2.30. The maximum absolute atomic E-state index is 12.1. The number of aromatic hydroxyl groups is 1. The zero-order valence-electron chi connectivity index (χ0n) is 14.0. The number of nitro benzene ring substituents is 1. The molecule has 0 unspecified atom stereocenters. The number of hydrogen-bond acceptors (Lipinski definition) is 6. The number of carbonyl (C=O) groups excluding carboxylic acids is 1. The highest BCUT2D eigenvalue weighted by Gasteiger charge is 2.18. The van der Waals surface area contributed by atoms with Crippen LogP contribution in [0.15, 0.2) is 47.6 Å². The Kier molecular flexibility index (Phi) is 5.12. The molecule has 1 heterocycles. The number of carbonyl (C=O) groups is 1. The average Bonchev–Trinajstić information content (AvgIpc) is 2.63. The van der Waals surface area contributed by atoms with Gasteiger partial charge in [-0.3, -0.25) is 14.9 Å². The SMILES string of the molecule is O=C(CN1CCCc2ccccc21)N/N=C\c1ccc(O)c([N+](=O)[O-])c1. The summed E-state index contributed by atoms with van der Waals surface area (Å²) in [5, 5.41) is 24.1. The summed E-state index contributed by atoms with van der Waals surface area (Å²) >= 11 is 0. The van der Waals surface area contributed by atoms with Crippen LogP contribution >= 0.6 is 0 Å². The number of para-hydroxylation sites is 1. The minimum atomic E-state index is -0.681. The highest BCUT2D eigenvalue weighted by molar-refractivity contribution is 5.85. The first-order chi connectivity index (χ1) is 12.5. The monoisotopic (exact) mass is 354 g/mol. The summed E-state index contributed by atoms with van der Waals surface area (Å²) in [5.74, 6) is -0.689. The minimum absolute atomic E-state index is 0.185. The highest BCUT2D eigenvalue weighted by atomic mass is 16.6. The molecule has 0 saturated carbocycles. The van der Waals surface area contributed by atoms with Crippen molar-refractivity contribution >= 4 is 23.5 Å². The van der Waals surface area contributed by atoms with Crippen molar-refractivity contribution in [3.05, 3.63) is 63.7 Å². The molecule has 8 nitrogen and oxygen atoms in total. The number of phenols is 1. The molecule has 134 valence electrons. The Morgan fingerprint density at radius 2 is 2.15 bits per heavy atom. The molecule has 2 aromatic rings. The molecule has 3 rings (SSSR count). The predicted octanol–water partition coefficient (Wildman–Crippen LogP) is 2.20. The summed E-state index contributed by atoms with van der Waals surface area (Å²) < 4.78 is 0. The van der Waals surface area contributed by atoms with Gasteiger partial charge in [-0.05, 0) is 36.6 Å². The molecule has 0 aliphatic carbocycles. The molecular formula is C18H18N4O4. The van der Waals surface area contributed by atoms with Gasteiger partial charge in [-0.2, -0.15) is 5.10 Å². The number of hydrazone groups is 1. The summed E-state index contributed by atoms with van der Waals surface area (Å²) in [4.78, 5) is 24.3. The third-order valence-electron chi connectivity index (χ3n) is 4.14. The summed E-state index contributed by atoms with van der Waals surface area (Å²) in [6.45, 7) is 0.988. The largest absolute Gasteiger partial charge is 0.502 e. The Morgan fingerprint density at radius 3 is 2.96 bits per heavy atom. The van der Waals surface area contributed by atoms with Crippen molar-refractivity contribution in [2.24, 2.45) is 5.10 Å². The molecule has 1 aliphatic heterocycles. The van der Waals surface area contributed by atoms with Gasteiger partial charge in [-0.15, -0.1) is 0 Å². The second-order valence-corrected chi connectivity index (χ2v) is 5.95. The molecule has 1 aliphatic rings. The Labute approximate surface area is 149 Å². The Balaban J connectivity index is 1.61. The van der Waals surface area contributed by atoms with Crippen molar-refractivity contribution in [2.45, 2.75) is 12.8 Å². The number of hydrogen-bond donors (Lipinski definition) is 2. The standard InChI is InChI=1S/C18H18N4O4/c23-17-8-7-13(10-16(17)22(25)26)11-19-20-18(24)12-21-9-3-5-14-4-1-2-6-15(14)21/h1-2,4,6-8,10-11,23H,3,5,9,12H2,(H,20,24)/b19-11-. The summed E-state index contributed by atoms with van der Waals surface area (Å²) in [7, 11) is 0. The molecule has 8 heteroatoms. The number of benzene rings is 2. The van der Waals surface area contributed by atoms with Crippen molar-refractivity contribution in [2.75, 3.05) is 18.0 Å². The molecule has 26 heavy (non-hydrogen) atoms. The second-order valence-electron chi connectivity index (χ2n) is 5.95. The number of amides is 1. The number of nitro groups is 1. The molecule has 2 aromatic carbocycles. The van der Waals surface area contributed by atoms with Crippen molar-refractivity contribution in [1.82, 2.24) is 5.43 Å². The zero-order chi connectivity index (χ0) is 18.5. The number of anilines is 1. The van der Waals surface area contributed by atoms with Gasteiger partial charge in [0.05, 0.1) is 17.7 Å². The van der Waals surface area contributed by atoms with E-state index in [4.69, 9.17) is 0 Å². The van der Waals surface area contributed by atoms with Gasteiger partial charge >= 0.3 is 5.69 Å². The molecule has 0 saturated heterocycles. The predicted molar refractivity (Wildman–Crippen MR) is 97.5 cm³/mol. The Bertz CT molecular complexity index is 866. The fourth-order valence-electron chi connectivity index (χ4n) is 2.93.